The maximum absolute atomic E-state index is 13.4. The molecular formula is C78H135NO18. The Kier molecular flexibility index (Phi) is 52.8. The SMILES string of the molecule is CC/C=C\C/C=C\C/C=C\C/C=C\C/C=C\CCCCCCCCCC(=O)NC(COC1OC(CO)C(OC2OC(CO)C(OC3OC(CO)C(O)C(O)C3O)C(O)C2O)C(O)C1O)C(O)/C=C/CC/C=C/CC/C=C/CCCCCCCCCCCCCCCCCCCCC. The second kappa shape index (κ2) is 58.2. The minimum atomic E-state index is -1.99. The largest absolute Gasteiger partial charge is 0.394 e. The molecule has 19 nitrogen and oxygen atoms in total. The summed E-state index contributed by atoms with van der Waals surface area (Å²) in [5.74, 6) is -0.303. The van der Waals surface area contributed by atoms with E-state index in [0.29, 0.717) is 12.8 Å². The molecule has 560 valence electrons. The number of rotatable bonds is 58. The van der Waals surface area contributed by atoms with E-state index in [9.17, 15) is 61.0 Å². The fourth-order valence-corrected chi connectivity index (χ4v) is 12.3. The van der Waals surface area contributed by atoms with Crippen LogP contribution in [-0.4, -0.2) is 193 Å². The molecule has 0 spiro atoms. The molecule has 19 heteroatoms. The second-order valence-corrected chi connectivity index (χ2v) is 26.7. The number of aliphatic hydroxyl groups excluding tert-OH is 11. The summed E-state index contributed by atoms with van der Waals surface area (Å²) in [7, 11) is 0. The Morgan fingerprint density at radius 1 is 0.381 bits per heavy atom. The molecule has 17 unspecified atom stereocenters. The number of carbonyl (C=O) groups excluding carboxylic acids is 1. The molecule has 3 aliphatic heterocycles. The van der Waals surface area contributed by atoms with E-state index in [1.807, 2.05) is 6.08 Å². The number of hydrogen-bond donors (Lipinski definition) is 12. The van der Waals surface area contributed by atoms with Gasteiger partial charge in [-0.05, 0) is 89.9 Å². The molecule has 17 atom stereocenters. The van der Waals surface area contributed by atoms with Gasteiger partial charge >= 0.3 is 0 Å². The van der Waals surface area contributed by atoms with Crippen molar-refractivity contribution >= 4 is 5.91 Å². The van der Waals surface area contributed by atoms with Crippen molar-refractivity contribution in [2.24, 2.45) is 0 Å². The highest BCUT2D eigenvalue weighted by atomic mass is 16.8. The Morgan fingerprint density at radius 2 is 0.722 bits per heavy atom. The molecule has 97 heavy (non-hydrogen) atoms. The first-order chi connectivity index (χ1) is 47.3. The monoisotopic (exact) mass is 1370 g/mol. The Hall–Kier alpha value is -3.29. The van der Waals surface area contributed by atoms with Crippen molar-refractivity contribution in [2.45, 2.75) is 362 Å². The average molecular weight is 1370 g/mol. The highest BCUT2D eigenvalue weighted by Crippen LogP contribution is 2.33. The molecule has 0 aromatic carbocycles. The van der Waals surface area contributed by atoms with E-state index < -0.39 is 124 Å². The number of aliphatic hydroxyl groups is 11. The van der Waals surface area contributed by atoms with Crippen molar-refractivity contribution in [1.82, 2.24) is 5.32 Å². The summed E-state index contributed by atoms with van der Waals surface area (Å²) in [6.45, 7) is 1.60. The molecule has 3 fully saturated rings. The van der Waals surface area contributed by atoms with Crippen LogP contribution in [0, 0.1) is 0 Å². The first-order valence-corrected chi connectivity index (χ1v) is 38.0. The number of hydrogen-bond acceptors (Lipinski definition) is 18. The van der Waals surface area contributed by atoms with Gasteiger partial charge in [0.05, 0.1) is 38.6 Å². The zero-order valence-corrected chi connectivity index (χ0v) is 59.5. The van der Waals surface area contributed by atoms with Gasteiger partial charge in [-0.2, -0.15) is 0 Å². The molecule has 0 aromatic heterocycles. The number of carbonyl (C=O) groups is 1. The summed E-state index contributed by atoms with van der Waals surface area (Å²) in [6.07, 6.45) is 51.0. The smallest absolute Gasteiger partial charge is 0.220 e. The van der Waals surface area contributed by atoms with Crippen LogP contribution in [0.15, 0.2) is 97.2 Å². The quantitative estimate of drug-likeness (QED) is 0.0199. The van der Waals surface area contributed by atoms with E-state index in [-0.39, 0.29) is 18.9 Å². The van der Waals surface area contributed by atoms with Crippen LogP contribution < -0.4 is 5.32 Å². The zero-order chi connectivity index (χ0) is 70.4. The van der Waals surface area contributed by atoms with Gasteiger partial charge in [0.2, 0.25) is 5.91 Å². The van der Waals surface area contributed by atoms with Gasteiger partial charge in [0, 0.05) is 6.42 Å². The highest BCUT2D eigenvalue weighted by molar-refractivity contribution is 5.76. The molecule has 3 aliphatic rings. The standard InChI is InChI=1S/C78H135NO18/c1-3-5-7-9-11-13-15-17-19-21-23-25-27-28-29-30-31-32-34-35-37-39-41-43-45-47-49-51-53-55-62(83)61(79-66(84)56-54-52-50-48-46-44-42-40-38-36-33-26-24-22-20-18-16-14-12-10-8-6-4-2)60-92-76-72(90)69(87)74(64(58-81)94-76)97-78-73(91)70(88)75(65(59-82)95-78)96-77-71(89)68(86)67(85)63(57-80)93-77/h6,8,12,14,18,20,24,26,36-39,45,47,53,55,61-65,67-78,80-83,85-91H,3-5,7,9-11,13,15-17,19,21-23,25,27-35,40-44,46,48-52,54,56-60H2,1-2H3,(H,79,84)/b8-6-,14-12-,20-18-,26-24-,38-36-,39-37+,47-45+,55-53+. The molecule has 0 bridgehead atoms. The predicted octanol–water partition coefficient (Wildman–Crippen LogP) is 11.6. The van der Waals surface area contributed by atoms with Gasteiger partial charge < -0.3 is 89.9 Å². The highest BCUT2D eigenvalue weighted by Gasteiger charge is 2.53. The topological polar surface area (TPSA) is 307 Å². The third-order valence-corrected chi connectivity index (χ3v) is 18.3. The van der Waals surface area contributed by atoms with Crippen LogP contribution in [0.25, 0.3) is 0 Å². The van der Waals surface area contributed by atoms with E-state index in [0.717, 1.165) is 103 Å². The maximum atomic E-state index is 13.4. The Balaban J connectivity index is 1.43. The molecule has 12 N–H and O–H groups in total. The van der Waals surface area contributed by atoms with Gasteiger partial charge in [0.15, 0.2) is 18.9 Å². The second-order valence-electron chi connectivity index (χ2n) is 26.7. The first kappa shape index (κ1) is 87.9. The summed E-state index contributed by atoms with van der Waals surface area (Å²) in [6, 6.07) is -1.01. The minimum Gasteiger partial charge on any atom is -0.394 e. The van der Waals surface area contributed by atoms with E-state index in [1.165, 1.54) is 122 Å². The van der Waals surface area contributed by atoms with Crippen LogP contribution in [0.2, 0.25) is 0 Å². The van der Waals surface area contributed by atoms with Gasteiger partial charge in [-0.15, -0.1) is 0 Å². The van der Waals surface area contributed by atoms with Crippen LogP contribution >= 0.6 is 0 Å². The summed E-state index contributed by atoms with van der Waals surface area (Å²) >= 11 is 0. The van der Waals surface area contributed by atoms with Crippen molar-refractivity contribution in [3.63, 3.8) is 0 Å². The van der Waals surface area contributed by atoms with E-state index >= 15 is 0 Å². The van der Waals surface area contributed by atoms with Gasteiger partial charge in [-0.25, -0.2) is 0 Å². The van der Waals surface area contributed by atoms with E-state index in [2.05, 4.69) is 104 Å². The van der Waals surface area contributed by atoms with E-state index in [4.69, 9.17) is 28.4 Å². The fraction of sp³-hybridized carbons (Fsp3) is 0.782. The summed E-state index contributed by atoms with van der Waals surface area (Å²) in [5.41, 5.74) is 0. The molecule has 0 aromatic rings. The molecule has 3 heterocycles. The number of ether oxygens (including phenoxy) is 6. The van der Waals surface area contributed by atoms with Crippen LogP contribution in [0.5, 0.6) is 0 Å². The summed E-state index contributed by atoms with van der Waals surface area (Å²) < 4.78 is 34.4. The van der Waals surface area contributed by atoms with Crippen molar-refractivity contribution in [2.75, 3.05) is 26.4 Å². The van der Waals surface area contributed by atoms with Gasteiger partial charge in [-0.1, -0.05) is 259 Å². The fourth-order valence-electron chi connectivity index (χ4n) is 12.3. The molecule has 3 saturated heterocycles. The zero-order valence-electron chi connectivity index (χ0n) is 59.5. The molecule has 0 radical (unpaired) electrons. The molecule has 0 saturated carbocycles. The lowest BCUT2D eigenvalue weighted by atomic mass is 9.96. The molecule has 3 rings (SSSR count). The summed E-state index contributed by atoms with van der Waals surface area (Å²) in [5, 5.41) is 121. The third-order valence-electron chi connectivity index (χ3n) is 18.3. The maximum Gasteiger partial charge on any atom is 0.220 e. The van der Waals surface area contributed by atoms with Crippen molar-refractivity contribution in [1.29, 1.82) is 0 Å². The third kappa shape index (κ3) is 39.1. The van der Waals surface area contributed by atoms with Crippen molar-refractivity contribution < 1.29 is 89.4 Å². The lowest BCUT2D eigenvalue weighted by molar-refractivity contribution is -0.379. The molecule has 1 amide bonds. The van der Waals surface area contributed by atoms with Crippen molar-refractivity contribution in [3.8, 4) is 0 Å². The van der Waals surface area contributed by atoms with Gasteiger partial charge in [0.1, 0.15) is 73.2 Å². The number of nitrogens with one attached hydrogen (secondary N) is 1. The van der Waals surface area contributed by atoms with Crippen molar-refractivity contribution in [3.05, 3.63) is 97.2 Å². The molecule has 0 aliphatic carbocycles. The normalized spacial score (nSPS) is 27.5. The number of allylic oxidation sites excluding steroid dienone is 15. The lowest BCUT2D eigenvalue weighted by Crippen LogP contribution is -2.66. The van der Waals surface area contributed by atoms with Crippen LogP contribution in [0.4, 0.5) is 0 Å². The Labute approximate surface area is 583 Å². The number of unbranched alkanes of at least 4 members (excludes halogenated alkanes) is 28. The minimum absolute atomic E-state index is 0.213. The van der Waals surface area contributed by atoms with Crippen LogP contribution in [0.1, 0.15) is 258 Å². The molecular weight excluding hydrogens is 1240 g/mol. The summed E-state index contributed by atoms with van der Waals surface area (Å²) in [4.78, 5) is 13.4. The Morgan fingerprint density at radius 3 is 1.15 bits per heavy atom. The predicted molar refractivity (Wildman–Crippen MR) is 383 cm³/mol. The van der Waals surface area contributed by atoms with Gasteiger partial charge in [0.25, 0.3) is 0 Å². The van der Waals surface area contributed by atoms with E-state index in [1.54, 1.807) is 6.08 Å². The van der Waals surface area contributed by atoms with Crippen LogP contribution in [-0.2, 0) is 33.2 Å². The van der Waals surface area contributed by atoms with Gasteiger partial charge in [-0.3, -0.25) is 4.79 Å². The first-order valence-electron chi connectivity index (χ1n) is 38.0. The van der Waals surface area contributed by atoms with Crippen LogP contribution in [0.3, 0.4) is 0 Å². The Bertz CT molecular complexity index is 2130. The average Bonchev–Trinajstić information content (AvgIpc) is 0.826. The lowest BCUT2D eigenvalue weighted by Gasteiger charge is -2.48. The number of amides is 1.